The summed E-state index contributed by atoms with van der Waals surface area (Å²) in [7, 11) is 0. The van der Waals surface area contributed by atoms with Crippen molar-refractivity contribution in [3.05, 3.63) is 0 Å². The van der Waals surface area contributed by atoms with Gasteiger partial charge < -0.3 is 10.2 Å². The first-order chi connectivity index (χ1) is 19.9. The Morgan fingerprint density at radius 3 is 1.05 bits per heavy atom. The number of aliphatic carboxylic acids is 2. The molecule has 0 fully saturated rings. The zero-order valence-electron chi connectivity index (χ0n) is 28.2. The predicted molar refractivity (Wildman–Crippen MR) is 190 cm³/mol. The van der Waals surface area contributed by atoms with Crippen LogP contribution in [0.5, 0.6) is 0 Å². The summed E-state index contributed by atoms with van der Waals surface area (Å²) in [4.78, 5) is 21.4. The first kappa shape index (κ1) is 45.1. The molecule has 0 saturated carbocycles. The van der Waals surface area contributed by atoms with Crippen LogP contribution in [-0.4, -0.2) is 26.6 Å². The van der Waals surface area contributed by atoms with E-state index in [9.17, 15) is 14.7 Å². The number of carbonyl (C=O) groups is 2. The lowest BCUT2D eigenvalue weighted by Crippen LogP contribution is -2.13. The minimum Gasteiger partial charge on any atom is -0.481 e. The molecule has 41 heavy (non-hydrogen) atoms. The molecule has 2 N–H and O–H groups in total. The topological polar surface area (TPSA) is 74.6 Å². The van der Waals surface area contributed by atoms with Gasteiger partial charge in [-0.25, -0.2) is 0 Å². The van der Waals surface area contributed by atoms with Crippen LogP contribution in [0.1, 0.15) is 207 Å². The number of carboxylic acid groups (broad SMARTS) is 2. The van der Waals surface area contributed by atoms with Gasteiger partial charge in [-0.1, -0.05) is 198 Å². The minimum atomic E-state index is -0.663. The molecular formula is C36H73IO4. The maximum atomic E-state index is 11.2. The standard InChI is InChI=1S/C18H36O2.C10H20O2.C8H17I/c1-3-5-7-9-11-13-15-17(18(19)20)16-14-12-10-8-6-4-2;1-2-3-4-5-6-7-8-9-10(11)12;1-2-3-4-5-6-7-8-9/h17H,3-16H2,1-2H3,(H,19,20);2-9H2,1H3,(H,11,12);2-8H2,1H3. The molecule has 0 aromatic heterocycles. The molecule has 4 nitrogen and oxygen atoms in total. The second-order valence-electron chi connectivity index (χ2n) is 11.9. The van der Waals surface area contributed by atoms with E-state index in [1.807, 2.05) is 0 Å². The Kier molecular flexibility index (Phi) is 46.0. The van der Waals surface area contributed by atoms with E-state index in [1.54, 1.807) is 0 Å². The Morgan fingerprint density at radius 1 is 0.463 bits per heavy atom. The fourth-order valence-electron chi connectivity index (χ4n) is 4.84. The van der Waals surface area contributed by atoms with Gasteiger partial charge in [-0.05, 0) is 30.1 Å². The molecule has 0 bridgehead atoms. The second kappa shape index (κ2) is 41.8. The van der Waals surface area contributed by atoms with Crippen LogP contribution in [0.4, 0.5) is 0 Å². The van der Waals surface area contributed by atoms with Gasteiger partial charge in [-0.15, -0.1) is 0 Å². The van der Waals surface area contributed by atoms with Gasteiger partial charge >= 0.3 is 11.9 Å². The molecule has 0 aromatic carbocycles. The van der Waals surface area contributed by atoms with Crippen molar-refractivity contribution in [2.45, 2.75) is 207 Å². The van der Waals surface area contributed by atoms with E-state index in [0.717, 1.165) is 38.5 Å². The van der Waals surface area contributed by atoms with E-state index < -0.39 is 11.9 Å². The third-order valence-electron chi connectivity index (χ3n) is 7.64. The van der Waals surface area contributed by atoms with Crippen molar-refractivity contribution >= 4 is 34.5 Å². The highest BCUT2D eigenvalue weighted by Gasteiger charge is 2.16. The number of halogens is 1. The quantitative estimate of drug-likeness (QED) is 0.0464. The molecule has 0 radical (unpaired) electrons. The van der Waals surface area contributed by atoms with E-state index in [1.165, 1.54) is 139 Å². The Morgan fingerprint density at radius 2 is 0.756 bits per heavy atom. The van der Waals surface area contributed by atoms with Gasteiger partial charge in [0.05, 0.1) is 5.92 Å². The van der Waals surface area contributed by atoms with Crippen LogP contribution in [0.2, 0.25) is 0 Å². The summed E-state index contributed by atoms with van der Waals surface area (Å²) in [5.74, 6) is -1.33. The molecule has 0 aliphatic heterocycles. The van der Waals surface area contributed by atoms with Gasteiger partial charge in [-0.2, -0.15) is 0 Å². The molecule has 0 atom stereocenters. The highest BCUT2D eigenvalue weighted by atomic mass is 127. The van der Waals surface area contributed by atoms with Gasteiger partial charge in [-0.3, -0.25) is 9.59 Å². The van der Waals surface area contributed by atoms with Gasteiger partial charge in [0.25, 0.3) is 0 Å². The molecule has 0 aliphatic rings. The van der Waals surface area contributed by atoms with Crippen LogP contribution in [0, 0.1) is 5.92 Å². The summed E-state index contributed by atoms with van der Waals surface area (Å²) in [5, 5.41) is 17.6. The van der Waals surface area contributed by atoms with Crippen LogP contribution >= 0.6 is 22.6 Å². The summed E-state index contributed by atoms with van der Waals surface area (Å²) in [6.45, 7) is 8.91. The van der Waals surface area contributed by atoms with Crippen molar-refractivity contribution in [1.29, 1.82) is 0 Å². The average molecular weight is 697 g/mol. The molecule has 0 saturated heterocycles. The van der Waals surface area contributed by atoms with E-state index in [-0.39, 0.29) is 5.92 Å². The van der Waals surface area contributed by atoms with Crippen molar-refractivity contribution in [2.75, 3.05) is 4.43 Å². The monoisotopic (exact) mass is 696 g/mol. The van der Waals surface area contributed by atoms with Crippen molar-refractivity contribution in [3.8, 4) is 0 Å². The van der Waals surface area contributed by atoms with E-state index in [2.05, 4.69) is 50.3 Å². The summed E-state index contributed by atoms with van der Waals surface area (Å²) < 4.78 is 1.34. The van der Waals surface area contributed by atoms with Crippen LogP contribution in [0.15, 0.2) is 0 Å². The van der Waals surface area contributed by atoms with Crippen molar-refractivity contribution < 1.29 is 19.8 Å². The Labute approximate surface area is 271 Å². The molecular weight excluding hydrogens is 623 g/mol. The maximum absolute atomic E-state index is 11.2. The lowest BCUT2D eigenvalue weighted by molar-refractivity contribution is -0.142. The zero-order valence-corrected chi connectivity index (χ0v) is 30.3. The normalized spacial score (nSPS) is 10.6. The predicted octanol–water partition coefficient (Wildman–Crippen LogP) is 13.2. The van der Waals surface area contributed by atoms with Crippen LogP contribution in [-0.2, 0) is 9.59 Å². The fourth-order valence-corrected chi connectivity index (χ4v) is 5.38. The number of carboxylic acids is 2. The number of hydrogen-bond acceptors (Lipinski definition) is 2. The van der Waals surface area contributed by atoms with E-state index >= 15 is 0 Å². The highest BCUT2D eigenvalue weighted by molar-refractivity contribution is 14.1. The Bertz CT molecular complexity index is 476. The number of rotatable bonds is 29. The van der Waals surface area contributed by atoms with E-state index in [0.29, 0.717) is 6.42 Å². The molecule has 0 aliphatic carbocycles. The number of alkyl halides is 1. The molecule has 0 unspecified atom stereocenters. The summed E-state index contributed by atoms with van der Waals surface area (Å²) >= 11 is 2.45. The van der Waals surface area contributed by atoms with Crippen molar-refractivity contribution in [1.82, 2.24) is 0 Å². The first-order valence-electron chi connectivity index (χ1n) is 17.9. The van der Waals surface area contributed by atoms with Gasteiger partial charge in [0.15, 0.2) is 0 Å². The molecule has 248 valence electrons. The fraction of sp³-hybridized carbons (Fsp3) is 0.944. The molecule has 5 heteroatoms. The largest absolute Gasteiger partial charge is 0.481 e. The maximum Gasteiger partial charge on any atom is 0.306 e. The number of hydrogen-bond donors (Lipinski definition) is 2. The second-order valence-corrected chi connectivity index (χ2v) is 12.9. The summed E-state index contributed by atoms with van der Waals surface area (Å²) in [5.41, 5.74) is 0. The Hall–Kier alpha value is -0.330. The van der Waals surface area contributed by atoms with Gasteiger partial charge in [0, 0.05) is 6.42 Å². The zero-order chi connectivity index (χ0) is 31.2. The summed E-state index contributed by atoms with van der Waals surface area (Å²) in [6.07, 6.45) is 33.9. The first-order valence-corrected chi connectivity index (χ1v) is 19.4. The van der Waals surface area contributed by atoms with Crippen LogP contribution in [0.3, 0.4) is 0 Å². The highest BCUT2D eigenvalue weighted by Crippen LogP contribution is 2.19. The Balaban J connectivity index is -0.000000583. The van der Waals surface area contributed by atoms with E-state index in [4.69, 9.17) is 5.11 Å². The lowest BCUT2D eigenvalue weighted by atomic mass is 9.94. The molecule has 0 aromatic rings. The number of unbranched alkanes of at least 4 members (excludes halogenated alkanes) is 21. The van der Waals surface area contributed by atoms with Crippen LogP contribution in [0.25, 0.3) is 0 Å². The summed E-state index contributed by atoms with van der Waals surface area (Å²) in [6, 6.07) is 0. The smallest absolute Gasteiger partial charge is 0.306 e. The molecule has 0 rings (SSSR count). The van der Waals surface area contributed by atoms with Crippen LogP contribution < -0.4 is 0 Å². The molecule has 0 heterocycles. The molecule has 0 spiro atoms. The third-order valence-corrected chi connectivity index (χ3v) is 8.41. The third kappa shape index (κ3) is 46.8. The van der Waals surface area contributed by atoms with Gasteiger partial charge in [0.1, 0.15) is 0 Å². The minimum absolute atomic E-state index is 0.0904. The van der Waals surface area contributed by atoms with Crippen molar-refractivity contribution in [2.24, 2.45) is 5.92 Å². The van der Waals surface area contributed by atoms with Crippen molar-refractivity contribution in [3.63, 3.8) is 0 Å². The van der Waals surface area contributed by atoms with Gasteiger partial charge in [0.2, 0.25) is 0 Å². The SMILES string of the molecule is CCCCCCCCC(CCCCCCCC)C(=O)O.CCCCCCCCCC(=O)O.CCCCCCCCI. The molecule has 0 amide bonds. The average Bonchev–Trinajstić information content (AvgIpc) is 2.95. The lowest BCUT2D eigenvalue weighted by Gasteiger charge is -2.12.